The maximum Gasteiger partial charge on any atom is 0.126 e. The molecule has 0 aromatic heterocycles. The minimum Gasteiger partial charge on any atom is -0.493 e. The fourth-order valence-electron chi connectivity index (χ4n) is 2.06. The summed E-state index contributed by atoms with van der Waals surface area (Å²) in [7, 11) is 0. The van der Waals surface area contributed by atoms with Crippen LogP contribution in [0.15, 0.2) is 18.2 Å². The Morgan fingerprint density at radius 2 is 1.95 bits per heavy atom. The minimum absolute atomic E-state index is 0.297. The Hall–Kier alpha value is -1.06. The number of benzene rings is 1. The van der Waals surface area contributed by atoms with Gasteiger partial charge in [0, 0.05) is 18.7 Å². The molecule has 0 aliphatic rings. The fourth-order valence-corrected chi connectivity index (χ4v) is 2.06. The van der Waals surface area contributed by atoms with Crippen LogP contribution in [0.4, 0.5) is 0 Å². The second kappa shape index (κ2) is 9.82. The number of para-hydroxylation sites is 1. The first-order chi connectivity index (χ1) is 9.29. The van der Waals surface area contributed by atoms with Gasteiger partial charge in [-0.1, -0.05) is 31.5 Å². The summed E-state index contributed by atoms with van der Waals surface area (Å²) >= 11 is 0. The van der Waals surface area contributed by atoms with Gasteiger partial charge < -0.3 is 15.2 Å². The number of nitrogens with one attached hydrogen (secondary N) is 1. The van der Waals surface area contributed by atoms with Gasteiger partial charge in [-0.25, -0.2) is 0 Å². The van der Waals surface area contributed by atoms with Crippen LogP contribution in [0.3, 0.4) is 0 Å². The quantitative estimate of drug-likeness (QED) is 0.639. The molecule has 0 fully saturated rings. The molecule has 3 heteroatoms. The summed E-state index contributed by atoms with van der Waals surface area (Å²) in [5.74, 6) is 1.03. The Balaban J connectivity index is 2.42. The highest BCUT2D eigenvalue weighted by Crippen LogP contribution is 2.23. The fraction of sp³-hybridized carbons (Fsp3) is 0.625. The summed E-state index contributed by atoms with van der Waals surface area (Å²) < 4.78 is 5.94. The molecule has 0 spiro atoms. The van der Waals surface area contributed by atoms with E-state index in [2.05, 4.69) is 37.4 Å². The molecule has 1 aromatic carbocycles. The molecule has 0 aliphatic heterocycles. The van der Waals surface area contributed by atoms with E-state index in [1.54, 1.807) is 0 Å². The molecule has 0 saturated carbocycles. The molecule has 3 nitrogen and oxygen atoms in total. The van der Waals surface area contributed by atoms with Crippen molar-refractivity contribution < 1.29 is 9.84 Å². The molecular weight excluding hydrogens is 238 g/mol. The number of ether oxygens (including phenoxy) is 1. The standard InChI is InChI=1S/C16H27NO2/c1-3-17-13-15-10-8-9-14(2)16(15)19-12-7-5-4-6-11-18/h8-10,17-18H,3-7,11-13H2,1-2H3. The summed E-state index contributed by atoms with van der Waals surface area (Å²) in [6.07, 6.45) is 4.15. The van der Waals surface area contributed by atoms with Crippen LogP contribution in [0.25, 0.3) is 0 Å². The van der Waals surface area contributed by atoms with Gasteiger partial charge in [0.2, 0.25) is 0 Å². The molecule has 1 rings (SSSR count). The highest BCUT2D eigenvalue weighted by atomic mass is 16.5. The smallest absolute Gasteiger partial charge is 0.126 e. The third kappa shape index (κ3) is 6.08. The highest BCUT2D eigenvalue weighted by molar-refractivity contribution is 5.40. The Kier molecular flexibility index (Phi) is 8.26. The minimum atomic E-state index is 0.297. The van der Waals surface area contributed by atoms with Crippen molar-refractivity contribution in [2.24, 2.45) is 0 Å². The van der Waals surface area contributed by atoms with Gasteiger partial charge in [0.1, 0.15) is 5.75 Å². The SMILES string of the molecule is CCNCc1cccc(C)c1OCCCCCCO. The molecule has 0 amide bonds. The predicted octanol–water partition coefficient (Wildman–Crippen LogP) is 3.04. The second-order valence-corrected chi connectivity index (χ2v) is 4.83. The van der Waals surface area contributed by atoms with Crippen molar-refractivity contribution in [1.82, 2.24) is 5.32 Å². The molecule has 0 atom stereocenters. The summed E-state index contributed by atoms with van der Waals surface area (Å²) in [5.41, 5.74) is 2.43. The summed E-state index contributed by atoms with van der Waals surface area (Å²) in [4.78, 5) is 0. The van der Waals surface area contributed by atoms with Crippen molar-refractivity contribution in [2.45, 2.75) is 46.1 Å². The van der Waals surface area contributed by atoms with Crippen LogP contribution in [-0.2, 0) is 6.54 Å². The third-order valence-electron chi connectivity index (χ3n) is 3.16. The molecule has 2 N–H and O–H groups in total. The van der Waals surface area contributed by atoms with E-state index in [0.717, 1.165) is 51.1 Å². The van der Waals surface area contributed by atoms with Crippen LogP contribution >= 0.6 is 0 Å². The second-order valence-electron chi connectivity index (χ2n) is 4.83. The van der Waals surface area contributed by atoms with Gasteiger partial charge in [0.15, 0.2) is 0 Å². The molecule has 1 aromatic rings. The number of aryl methyl sites for hydroxylation is 1. The molecule has 0 heterocycles. The van der Waals surface area contributed by atoms with E-state index >= 15 is 0 Å². The van der Waals surface area contributed by atoms with Gasteiger partial charge >= 0.3 is 0 Å². The monoisotopic (exact) mass is 265 g/mol. The lowest BCUT2D eigenvalue weighted by Gasteiger charge is -2.14. The molecule has 0 saturated heterocycles. The molecular formula is C16H27NO2. The predicted molar refractivity (Wildman–Crippen MR) is 79.6 cm³/mol. The molecule has 0 unspecified atom stereocenters. The van der Waals surface area contributed by atoms with Gasteiger partial charge in [0.05, 0.1) is 6.61 Å². The summed E-state index contributed by atoms with van der Waals surface area (Å²) in [5, 5.41) is 12.1. The first-order valence-corrected chi connectivity index (χ1v) is 7.32. The molecule has 108 valence electrons. The van der Waals surface area contributed by atoms with E-state index in [-0.39, 0.29) is 0 Å². The maximum absolute atomic E-state index is 8.72. The average molecular weight is 265 g/mol. The van der Waals surface area contributed by atoms with Crippen LogP contribution in [0.5, 0.6) is 5.75 Å². The van der Waals surface area contributed by atoms with E-state index in [9.17, 15) is 0 Å². The van der Waals surface area contributed by atoms with E-state index in [1.807, 2.05) is 0 Å². The zero-order valence-corrected chi connectivity index (χ0v) is 12.2. The van der Waals surface area contributed by atoms with Gasteiger partial charge in [-0.05, 0) is 38.3 Å². The first-order valence-electron chi connectivity index (χ1n) is 7.32. The Morgan fingerprint density at radius 1 is 1.16 bits per heavy atom. The topological polar surface area (TPSA) is 41.5 Å². The maximum atomic E-state index is 8.72. The van der Waals surface area contributed by atoms with E-state index < -0.39 is 0 Å². The van der Waals surface area contributed by atoms with Crippen molar-refractivity contribution >= 4 is 0 Å². The molecule has 0 radical (unpaired) electrons. The lowest BCUT2D eigenvalue weighted by atomic mass is 10.1. The van der Waals surface area contributed by atoms with Crippen LogP contribution in [-0.4, -0.2) is 24.9 Å². The van der Waals surface area contributed by atoms with E-state index in [4.69, 9.17) is 9.84 Å². The Morgan fingerprint density at radius 3 is 2.68 bits per heavy atom. The molecule has 0 bridgehead atoms. The van der Waals surface area contributed by atoms with Crippen LogP contribution in [0, 0.1) is 6.92 Å². The van der Waals surface area contributed by atoms with E-state index in [1.165, 1.54) is 11.1 Å². The third-order valence-corrected chi connectivity index (χ3v) is 3.16. The highest BCUT2D eigenvalue weighted by Gasteiger charge is 2.06. The normalized spacial score (nSPS) is 10.7. The number of hydrogen-bond acceptors (Lipinski definition) is 3. The number of hydrogen-bond donors (Lipinski definition) is 2. The summed E-state index contributed by atoms with van der Waals surface area (Å²) in [6.45, 7) is 7.08. The average Bonchev–Trinajstić information content (AvgIpc) is 2.42. The largest absolute Gasteiger partial charge is 0.493 e. The van der Waals surface area contributed by atoms with Crippen LogP contribution in [0.2, 0.25) is 0 Å². The van der Waals surface area contributed by atoms with Gasteiger partial charge in [-0.2, -0.15) is 0 Å². The number of rotatable bonds is 10. The van der Waals surface area contributed by atoms with Crippen LogP contribution in [0.1, 0.15) is 43.7 Å². The molecule has 0 aliphatic carbocycles. The molecule has 19 heavy (non-hydrogen) atoms. The van der Waals surface area contributed by atoms with Crippen molar-refractivity contribution in [1.29, 1.82) is 0 Å². The van der Waals surface area contributed by atoms with Gasteiger partial charge in [-0.15, -0.1) is 0 Å². The van der Waals surface area contributed by atoms with Crippen molar-refractivity contribution in [2.75, 3.05) is 19.8 Å². The van der Waals surface area contributed by atoms with Crippen LogP contribution < -0.4 is 10.1 Å². The van der Waals surface area contributed by atoms with Crippen molar-refractivity contribution in [3.8, 4) is 5.75 Å². The van der Waals surface area contributed by atoms with E-state index in [0.29, 0.717) is 6.61 Å². The number of unbranched alkanes of at least 4 members (excludes halogenated alkanes) is 3. The van der Waals surface area contributed by atoms with Crippen molar-refractivity contribution in [3.63, 3.8) is 0 Å². The number of aliphatic hydroxyl groups is 1. The lowest BCUT2D eigenvalue weighted by Crippen LogP contribution is -2.13. The zero-order valence-electron chi connectivity index (χ0n) is 12.2. The summed E-state index contributed by atoms with van der Waals surface area (Å²) in [6, 6.07) is 6.30. The van der Waals surface area contributed by atoms with Gasteiger partial charge in [0.25, 0.3) is 0 Å². The first kappa shape index (κ1) is 16.0. The van der Waals surface area contributed by atoms with Gasteiger partial charge in [-0.3, -0.25) is 0 Å². The zero-order chi connectivity index (χ0) is 13.9. The Labute approximate surface area is 117 Å². The van der Waals surface area contributed by atoms with Crippen molar-refractivity contribution in [3.05, 3.63) is 29.3 Å². The lowest BCUT2D eigenvalue weighted by molar-refractivity contribution is 0.272. The number of aliphatic hydroxyl groups excluding tert-OH is 1. The Bertz CT molecular complexity index is 353.